The van der Waals surface area contributed by atoms with E-state index in [0.717, 1.165) is 12.8 Å². The van der Waals surface area contributed by atoms with Gasteiger partial charge in [0.15, 0.2) is 0 Å². The molecule has 1 saturated carbocycles. The van der Waals surface area contributed by atoms with Gasteiger partial charge in [0, 0.05) is 0 Å². The quantitative estimate of drug-likeness (QED) is 0.570. The zero-order chi connectivity index (χ0) is 12.2. The predicted molar refractivity (Wildman–Crippen MR) is 54.7 cm³/mol. The third-order valence-corrected chi connectivity index (χ3v) is 2.89. The third kappa shape index (κ3) is 2.49. The van der Waals surface area contributed by atoms with E-state index in [1.54, 1.807) is 0 Å². The lowest BCUT2D eigenvalue weighted by atomic mass is 9.87. The minimum Gasteiger partial charge on any atom is -0.381 e. The molecule has 1 rings (SSSR count). The van der Waals surface area contributed by atoms with Crippen LogP contribution in [0.4, 0.5) is 0 Å². The Hall–Kier alpha value is -1.61. The predicted octanol–water partition coefficient (Wildman–Crippen LogP) is -0.967. The number of aliphatic hydroxyl groups is 1. The summed E-state index contributed by atoms with van der Waals surface area (Å²) in [5.41, 5.74) is 3.85. The van der Waals surface area contributed by atoms with Crippen LogP contribution in [0, 0.1) is 16.7 Å². The van der Waals surface area contributed by atoms with Crippen molar-refractivity contribution in [2.45, 2.75) is 31.8 Å². The van der Waals surface area contributed by atoms with E-state index < -0.39 is 23.3 Å². The van der Waals surface area contributed by atoms with Gasteiger partial charge in [0.2, 0.25) is 11.8 Å². The summed E-state index contributed by atoms with van der Waals surface area (Å²) < 4.78 is 0. The topological polar surface area (TPSA) is 116 Å². The summed E-state index contributed by atoms with van der Waals surface area (Å²) in [6.07, 6.45) is 1.35. The molecule has 0 heterocycles. The molecule has 2 amide bonds. The van der Waals surface area contributed by atoms with Gasteiger partial charge in [-0.25, -0.2) is 0 Å². The van der Waals surface area contributed by atoms with Gasteiger partial charge in [0.25, 0.3) is 0 Å². The van der Waals surface area contributed by atoms with Crippen LogP contribution in [0.1, 0.15) is 25.7 Å². The van der Waals surface area contributed by atoms with Crippen LogP contribution in [0.15, 0.2) is 0 Å². The number of amides is 2. The van der Waals surface area contributed by atoms with Gasteiger partial charge in [0.1, 0.15) is 11.5 Å². The number of carbonyl (C=O) groups excluding carboxylic acids is 2. The molecule has 1 unspecified atom stereocenters. The van der Waals surface area contributed by atoms with Crippen molar-refractivity contribution in [2.75, 3.05) is 6.54 Å². The number of nitrogens with two attached hydrogens (primary N) is 1. The fourth-order valence-electron chi connectivity index (χ4n) is 1.83. The number of primary amides is 1. The van der Waals surface area contributed by atoms with Gasteiger partial charge < -0.3 is 16.2 Å². The first kappa shape index (κ1) is 12.5. The number of nitrogens with one attached hydrogen (secondary N) is 1. The first-order chi connectivity index (χ1) is 7.52. The highest BCUT2D eigenvalue weighted by molar-refractivity contribution is 5.86. The smallest absolute Gasteiger partial charge is 0.248 e. The van der Waals surface area contributed by atoms with E-state index in [-0.39, 0.29) is 6.54 Å². The van der Waals surface area contributed by atoms with Crippen molar-refractivity contribution in [3.05, 3.63) is 0 Å². The number of hydrogen-bond donors (Lipinski definition) is 3. The molecule has 0 saturated heterocycles. The number of aliphatic hydroxyl groups excluding tert-OH is 1. The first-order valence-electron chi connectivity index (χ1n) is 5.19. The Bertz CT molecular complexity index is 329. The SMILES string of the molecule is N#CC1(C(=O)NCC(O)C(N)=O)CCCC1. The van der Waals surface area contributed by atoms with Gasteiger partial charge in [-0.05, 0) is 12.8 Å². The molecule has 16 heavy (non-hydrogen) atoms. The van der Waals surface area contributed by atoms with Crippen molar-refractivity contribution in [1.29, 1.82) is 5.26 Å². The third-order valence-electron chi connectivity index (χ3n) is 2.89. The lowest BCUT2D eigenvalue weighted by Crippen LogP contribution is -2.45. The molecule has 6 heteroatoms. The summed E-state index contributed by atoms with van der Waals surface area (Å²) >= 11 is 0. The van der Waals surface area contributed by atoms with Crippen molar-refractivity contribution >= 4 is 11.8 Å². The van der Waals surface area contributed by atoms with Crippen LogP contribution in [-0.2, 0) is 9.59 Å². The van der Waals surface area contributed by atoms with Crippen LogP contribution >= 0.6 is 0 Å². The minimum absolute atomic E-state index is 0.238. The van der Waals surface area contributed by atoms with Crippen LogP contribution in [0.3, 0.4) is 0 Å². The zero-order valence-electron chi connectivity index (χ0n) is 8.90. The number of rotatable bonds is 4. The highest BCUT2D eigenvalue weighted by atomic mass is 16.3. The van der Waals surface area contributed by atoms with E-state index in [4.69, 9.17) is 16.1 Å². The van der Waals surface area contributed by atoms with Crippen molar-refractivity contribution < 1.29 is 14.7 Å². The van der Waals surface area contributed by atoms with Crippen LogP contribution in [-0.4, -0.2) is 29.6 Å². The monoisotopic (exact) mass is 225 g/mol. The van der Waals surface area contributed by atoms with Gasteiger partial charge >= 0.3 is 0 Å². The lowest BCUT2D eigenvalue weighted by Gasteiger charge is -2.19. The number of carbonyl (C=O) groups is 2. The van der Waals surface area contributed by atoms with Gasteiger partial charge in [-0.3, -0.25) is 9.59 Å². The largest absolute Gasteiger partial charge is 0.381 e. The van der Waals surface area contributed by atoms with Crippen molar-refractivity contribution in [2.24, 2.45) is 11.1 Å². The Balaban J connectivity index is 2.52. The molecule has 1 aliphatic rings. The Kier molecular flexibility index (Phi) is 3.85. The Morgan fingerprint density at radius 3 is 2.50 bits per heavy atom. The molecule has 0 aromatic heterocycles. The van der Waals surface area contributed by atoms with Crippen molar-refractivity contribution in [3.8, 4) is 6.07 Å². The molecule has 1 atom stereocenters. The molecule has 1 aliphatic carbocycles. The summed E-state index contributed by atoms with van der Waals surface area (Å²) in [5.74, 6) is -1.31. The maximum atomic E-state index is 11.7. The second kappa shape index (κ2) is 4.94. The van der Waals surface area contributed by atoms with Crippen LogP contribution < -0.4 is 11.1 Å². The molecule has 4 N–H and O–H groups in total. The van der Waals surface area contributed by atoms with E-state index in [9.17, 15) is 9.59 Å². The van der Waals surface area contributed by atoms with Crippen LogP contribution in [0.2, 0.25) is 0 Å². The standard InChI is InChI=1S/C10H15N3O3/c11-6-10(3-1-2-4-10)9(16)13-5-7(14)8(12)15/h7,14H,1-5H2,(H2,12,15)(H,13,16). The molecule has 0 spiro atoms. The molecule has 6 nitrogen and oxygen atoms in total. The van der Waals surface area contributed by atoms with E-state index in [1.807, 2.05) is 6.07 Å². The maximum absolute atomic E-state index is 11.7. The number of nitrogens with zero attached hydrogens (tertiary/aromatic N) is 1. The van der Waals surface area contributed by atoms with Crippen molar-refractivity contribution in [1.82, 2.24) is 5.32 Å². The van der Waals surface area contributed by atoms with Gasteiger partial charge in [0.05, 0.1) is 12.6 Å². The fraction of sp³-hybridized carbons (Fsp3) is 0.700. The second-order valence-electron chi connectivity index (χ2n) is 4.03. The zero-order valence-corrected chi connectivity index (χ0v) is 8.90. The van der Waals surface area contributed by atoms with E-state index in [2.05, 4.69) is 5.32 Å². The summed E-state index contributed by atoms with van der Waals surface area (Å²) in [6.45, 7) is -0.238. The van der Waals surface area contributed by atoms with Gasteiger partial charge in [-0.1, -0.05) is 12.8 Å². The highest BCUT2D eigenvalue weighted by Gasteiger charge is 2.41. The molecule has 0 aromatic rings. The lowest BCUT2D eigenvalue weighted by molar-refractivity contribution is -0.130. The molecule has 0 radical (unpaired) electrons. The van der Waals surface area contributed by atoms with Crippen LogP contribution in [0.25, 0.3) is 0 Å². The van der Waals surface area contributed by atoms with Crippen LogP contribution in [0.5, 0.6) is 0 Å². The fourth-order valence-corrected chi connectivity index (χ4v) is 1.83. The van der Waals surface area contributed by atoms with E-state index in [0.29, 0.717) is 12.8 Å². The summed E-state index contributed by atoms with van der Waals surface area (Å²) in [5, 5.41) is 20.5. The average Bonchev–Trinajstić information content (AvgIpc) is 2.74. The summed E-state index contributed by atoms with van der Waals surface area (Å²) in [7, 11) is 0. The highest BCUT2D eigenvalue weighted by Crippen LogP contribution is 2.37. The molecule has 0 bridgehead atoms. The minimum atomic E-state index is -1.40. The Labute approximate surface area is 93.4 Å². The number of nitriles is 1. The summed E-state index contributed by atoms with van der Waals surface area (Å²) in [4.78, 5) is 22.3. The molecule has 1 fully saturated rings. The second-order valence-corrected chi connectivity index (χ2v) is 4.03. The molecule has 0 aromatic carbocycles. The van der Waals surface area contributed by atoms with Crippen molar-refractivity contribution in [3.63, 3.8) is 0 Å². The normalized spacial score (nSPS) is 19.8. The van der Waals surface area contributed by atoms with E-state index >= 15 is 0 Å². The maximum Gasteiger partial charge on any atom is 0.248 e. The Morgan fingerprint density at radius 1 is 1.50 bits per heavy atom. The summed E-state index contributed by atoms with van der Waals surface area (Å²) in [6, 6.07) is 2.02. The van der Waals surface area contributed by atoms with Gasteiger partial charge in [-0.15, -0.1) is 0 Å². The van der Waals surface area contributed by atoms with E-state index in [1.165, 1.54) is 0 Å². The first-order valence-corrected chi connectivity index (χ1v) is 5.19. The Morgan fingerprint density at radius 2 is 2.06 bits per heavy atom. The molecule has 0 aliphatic heterocycles. The molecular weight excluding hydrogens is 210 g/mol. The van der Waals surface area contributed by atoms with Gasteiger partial charge in [-0.2, -0.15) is 5.26 Å². The number of hydrogen-bond acceptors (Lipinski definition) is 4. The molecule has 88 valence electrons. The average molecular weight is 225 g/mol. The molecular formula is C10H15N3O3.